The number of benzene rings is 1. The predicted octanol–water partition coefficient (Wildman–Crippen LogP) is 3.69. The molecule has 4 heteroatoms. The van der Waals surface area contributed by atoms with E-state index >= 15 is 0 Å². The summed E-state index contributed by atoms with van der Waals surface area (Å²) < 4.78 is 6.44. The second kappa shape index (κ2) is 5.06. The van der Waals surface area contributed by atoms with E-state index < -0.39 is 0 Å². The van der Waals surface area contributed by atoms with Crippen LogP contribution in [0.4, 0.5) is 0 Å². The quantitative estimate of drug-likeness (QED) is 0.750. The van der Waals surface area contributed by atoms with Gasteiger partial charge in [-0.3, -0.25) is 0 Å². The molecule has 0 amide bonds. The summed E-state index contributed by atoms with van der Waals surface area (Å²) in [4.78, 5) is 0. The van der Waals surface area contributed by atoms with Crippen molar-refractivity contribution < 1.29 is 42.6 Å². The molecule has 1 radical (unpaired) electrons. The second-order valence-electron chi connectivity index (χ2n) is 7.55. The van der Waals surface area contributed by atoms with Gasteiger partial charge in [0.25, 0.3) is 0 Å². The zero-order valence-corrected chi connectivity index (χ0v) is 16.6. The van der Waals surface area contributed by atoms with Gasteiger partial charge in [-0.2, -0.15) is 0 Å². The molecule has 3 nitrogen and oxygen atoms in total. The Balaban J connectivity index is 0.00000135. The molecule has 2 aliphatic heterocycles. The van der Waals surface area contributed by atoms with Gasteiger partial charge in [0.1, 0.15) is 6.10 Å². The molecule has 4 aliphatic rings. The molecule has 1 saturated heterocycles. The summed E-state index contributed by atoms with van der Waals surface area (Å²) in [5, 5.41) is 15.3. The average molecular weight is 385 g/mol. The van der Waals surface area contributed by atoms with Gasteiger partial charge in [0.2, 0.25) is 0 Å². The molecule has 1 fully saturated rings. The maximum atomic E-state index is 10.4. The Labute approximate surface area is 162 Å². The number of aromatic hydroxyl groups is 1. The van der Waals surface area contributed by atoms with Gasteiger partial charge >= 0.3 is 0 Å². The fourth-order valence-corrected chi connectivity index (χ4v) is 5.73. The van der Waals surface area contributed by atoms with Gasteiger partial charge in [0.05, 0.1) is 0 Å². The van der Waals surface area contributed by atoms with Crippen molar-refractivity contribution in [2.24, 2.45) is 11.3 Å². The van der Waals surface area contributed by atoms with Crippen LogP contribution >= 0.6 is 0 Å². The molecular formula is C19H22NO2Y-. The van der Waals surface area contributed by atoms with E-state index in [1.807, 2.05) is 0 Å². The van der Waals surface area contributed by atoms with Gasteiger partial charge in [-0.15, -0.1) is 12.6 Å². The van der Waals surface area contributed by atoms with Crippen LogP contribution in [0.25, 0.3) is 5.32 Å². The Kier molecular flexibility index (Phi) is 3.55. The second-order valence-corrected chi connectivity index (χ2v) is 7.55. The van der Waals surface area contributed by atoms with Crippen LogP contribution in [0.5, 0.6) is 11.5 Å². The zero-order valence-electron chi connectivity index (χ0n) is 13.7. The third-order valence-electron chi connectivity index (χ3n) is 6.87. The average Bonchev–Trinajstić information content (AvgIpc) is 2.84. The minimum atomic E-state index is -0.00347. The first-order valence-electron chi connectivity index (χ1n) is 8.50. The van der Waals surface area contributed by atoms with Gasteiger partial charge in [-0.25, -0.2) is 0 Å². The molecule has 2 heterocycles. The molecule has 1 N–H and O–H groups in total. The van der Waals surface area contributed by atoms with Crippen LogP contribution in [-0.4, -0.2) is 23.8 Å². The van der Waals surface area contributed by atoms with Crippen molar-refractivity contribution in [1.82, 2.24) is 0 Å². The number of hydrogen-bond acceptors (Lipinski definition) is 2. The Bertz CT molecular complexity index is 703. The summed E-state index contributed by atoms with van der Waals surface area (Å²) >= 11 is 0. The van der Waals surface area contributed by atoms with Crippen molar-refractivity contribution in [3.05, 3.63) is 40.7 Å². The normalized spacial score (nSPS) is 41.7. The maximum Gasteiger partial charge on any atom is 0.165 e. The van der Waals surface area contributed by atoms with Crippen LogP contribution in [-0.2, 0) is 44.5 Å². The van der Waals surface area contributed by atoms with E-state index in [-0.39, 0.29) is 49.6 Å². The first-order valence-corrected chi connectivity index (χ1v) is 8.50. The van der Waals surface area contributed by atoms with Crippen molar-refractivity contribution >= 4 is 0 Å². The van der Waals surface area contributed by atoms with Gasteiger partial charge in [-0.05, 0) is 29.9 Å². The van der Waals surface area contributed by atoms with Crippen LogP contribution in [0.3, 0.4) is 0 Å². The minimum Gasteiger partial charge on any atom is -0.658 e. The number of piperidine rings is 1. The SMILES string of the molecule is CCC1C=CC2(C)C3Cc4ccc(O)c5c4C2(CC[N-]3)C1O5.[Y]. The molecule has 1 aromatic rings. The number of phenols is 1. The van der Waals surface area contributed by atoms with E-state index in [4.69, 9.17) is 10.1 Å². The summed E-state index contributed by atoms with van der Waals surface area (Å²) in [6.45, 7) is 5.51. The molecule has 0 aromatic heterocycles. The number of hydrogen-bond donors (Lipinski definition) is 1. The fraction of sp³-hybridized carbons (Fsp3) is 0.579. The molecule has 23 heavy (non-hydrogen) atoms. The van der Waals surface area contributed by atoms with Crippen molar-refractivity contribution in [3.8, 4) is 11.5 Å². The van der Waals surface area contributed by atoms with E-state index in [2.05, 4.69) is 32.1 Å². The van der Waals surface area contributed by atoms with Crippen molar-refractivity contribution in [2.45, 2.75) is 50.7 Å². The molecule has 5 rings (SSSR count). The van der Waals surface area contributed by atoms with Crippen LogP contribution in [0.2, 0.25) is 0 Å². The zero-order chi connectivity index (χ0) is 15.1. The third kappa shape index (κ3) is 1.67. The number of rotatable bonds is 1. The van der Waals surface area contributed by atoms with Gasteiger partial charge < -0.3 is 15.2 Å². The standard InChI is InChI=1S/C19H22NO2.Y/c1-3-11-6-7-18(2)14-10-12-4-5-13(21)16-15(12)19(18,8-9-20-14)17(11)22-16;/h4-7,11,14,17,21H,3,8-10H2,1-2H3;/q-1;. The number of nitrogens with zero attached hydrogens (tertiary/aromatic N) is 1. The van der Waals surface area contributed by atoms with Crippen LogP contribution < -0.4 is 4.74 Å². The molecule has 2 aliphatic carbocycles. The summed E-state index contributed by atoms with van der Waals surface area (Å²) in [6, 6.07) is 4.23. The number of ether oxygens (including phenoxy) is 1. The largest absolute Gasteiger partial charge is 0.658 e. The Morgan fingerprint density at radius 2 is 2.22 bits per heavy atom. The van der Waals surface area contributed by atoms with E-state index in [0.29, 0.717) is 17.7 Å². The van der Waals surface area contributed by atoms with Gasteiger partial charge in [-0.1, -0.05) is 38.5 Å². The number of phenolic OH excluding ortho intramolecular Hbond substituents is 1. The molecule has 1 aromatic carbocycles. The third-order valence-corrected chi connectivity index (χ3v) is 6.87. The van der Waals surface area contributed by atoms with Crippen LogP contribution in [0.15, 0.2) is 24.3 Å². The first-order chi connectivity index (χ1) is 10.6. The van der Waals surface area contributed by atoms with Crippen LogP contribution in [0, 0.1) is 11.3 Å². The molecular weight excluding hydrogens is 363 g/mol. The van der Waals surface area contributed by atoms with Crippen molar-refractivity contribution in [3.63, 3.8) is 0 Å². The summed E-state index contributed by atoms with van der Waals surface area (Å²) in [5.41, 5.74) is 2.66. The van der Waals surface area contributed by atoms with Gasteiger partial charge in [0.15, 0.2) is 11.5 Å². The van der Waals surface area contributed by atoms with E-state index in [1.54, 1.807) is 6.07 Å². The van der Waals surface area contributed by atoms with Gasteiger partial charge in [0, 0.05) is 49.6 Å². The molecule has 0 saturated carbocycles. The minimum absolute atomic E-state index is 0. The topological polar surface area (TPSA) is 43.6 Å². The van der Waals surface area contributed by atoms with Crippen LogP contribution in [0.1, 0.15) is 37.8 Å². The maximum absolute atomic E-state index is 10.4. The monoisotopic (exact) mass is 385 g/mol. The van der Waals surface area contributed by atoms with Crippen molar-refractivity contribution in [2.75, 3.05) is 6.54 Å². The summed E-state index contributed by atoms with van der Waals surface area (Å²) in [6.07, 6.45) is 8.01. The molecule has 5 atom stereocenters. The molecule has 1 spiro atoms. The summed E-state index contributed by atoms with van der Waals surface area (Å²) in [5.74, 6) is 1.49. The molecule has 119 valence electrons. The molecule has 5 unspecified atom stereocenters. The molecule has 2 bridgehead atoms. The first kappa shape index (κ1) is 16.1. The van der Waals surface area contributed by atoms with E-state index in [1.165, 1.54) is 11.1 Å². The Morgan fingerprint density at radius 3 is 3.00 bits per heavy atom. The fourth-order valence-electron chi connectivity index (χ4n) is 5.73. The van der Waals surface area contributed by atoms with E-state index in [9.17, 15) is 5.11 Å². The van der Waals surface area contributed by atoms with Crippen molar-refractivity contribution in [1.29, 1.82) is 0 Å². The Morgan fingerprint density at radius 1 is 1.39 bits per heavy atom. The predicted molar refractivity (Wildman–Crippen MR) is 85.6 cm³/mol. The summed E-state index contributed by atoms with van der Waals surface area (Å²) in [7, 11) is 0. The van der Waals surface area contributed by atoms with E-state index in [0.717, 1.165) is 31.6 Å². The smallest absolute Gasteiger partial charge is 0.165 e. The Hall–Kier alpha value is -0.376.